The molecule has 4 N–H and O–H groups in total. The molecule has 0 fully saturated rings. The van der Waals surface area contributed by atoms with Crippen molar-refractivity contribution in [2.24, 2.45) is 5.73 Å². The van der Waals surface area contributed by atoms with Crippen molar-refractivity contribution in [3.05, 3.63) is 28.2 Å². The van der Waals surface area contributed by atoms with Gasteiger partial charge in [-0.2, -0.15) is 9.61 Å². The van der Waals surface area contributed by atoms with Gasteiger partial charge in [-0.1, -0.05) is 0 Å². The Morgan fingerprint density at radius 1 is 1.64 bits per heavy atom. The number of nitrogens with one attached hydrogen (secondary N) is 1. The van der Waals surface area contributed by atoms with Gasteiger partial charge in [0.2, 0.25) is 5.88 Å². The monoisotopic (exact) mass is 194 g/mol. The van der Waals surface area contributed by atoms with Gasteiger partial charge in [-0.25, -0.2) is 0 Å². The first kappa shape index (κ1) is 8.76. The van der Waals surface area contributed by atoms with Crippen molar-refractivity contribution < 1.29 is 5.11 Å². The molecule has 2 aromatic rings. The summed E-state index contributed by atoms with van der Waals surface area (Å²) in [5, 5.41) is 13.3. The first-order chi connectivity index (χ1) is 6.72. The minimum Gasteiger partial charge on any atom is -0.493 e. The summed E-state index contributed by atoms with van der Waals surface area (Å²) in [6.45, 7) is 0.471. The Kier molecular flexibility index (Phi) is 1.97. The highest BCUT2D eigenvalue weighted by Gasteiger charge is 2.07. The highest BCUT2D eigenvalue weighted by atomic mass is 16.3. The standard InChI is InChI=1S/C8H10N4O2/c9-2-1-5-4-10-12-7(14)3-6(13)11-8(5)12/h3-4,14H,1-2,9H2,(H,11,13). The number of nitrogens with two attached hydrogens (primary N) is 1. The molecule has 2 heterocycles. The van der Waals surface area contributed by atoms with E-state index >= 15 is 0 Å². The van der Waals surface area contributed by atoms with Crippen LogP contribution in [0.1, 0.15) is 5.56 Å². The van der Waals surface area contributed by atoms with Crippen molar-refractivity contribution in [3.8, 4) is 5.88 Å². The Morgan fingerprint density at radius 2 is 2.43 bits per heavy atom. The molecule has 0 atom stereocenters. The number of hydrogen-bond donors (Lipinski definition) is 3. The van der Waals surface area contributed by atoms with Gasteiger partial charge in [-0.15, -0.1) is 0 Å². The summed E-state index contributed by atoms with van der Waals surface area (Å²) in [4.78, 5) is 13.7. The Bertz CT molecular complexity index is 514. The molecular formula is C8H10N4O2. The number of H-pyrrole nitrogens is 1. The molecule has 6 heteroatoms. The minimum absolute atomic E-state index is 0.174. The van der Waals surface area contributed by atoms with Crippen LogP contribution < -0.4 is 11.3 Å². The second-order valence-corrected chi connectivity index (χ2v) is 2.96. The van der Waals surface area contributed by atoms with Crippen LogP contribution in [0.25, 0.3) is 5.65 Å². The zero-order valence-electron chi connectivity index (χ0n) is 7.40. The van der Waals surface area contributed by atoms with Crippen LogP contribution in [-0.2, 0) is 6.42 Å². The van der Waals surface area contributed by atoms with Crippen molar-refractivity contribution >= 4 is 5.65 Å². The summed E-state index contributed by atoms with van der Waals surface area (Å²) in [6.07, 6.45) is 2.20. The Balaban J connectivity index is 2.72. The maximum atomic E-state index is 11.1. The molecule has 2 rings (SSSR count). The van der Waals surface area contributed by atoms with Crippen LogP contribution in [0.5, 0.6) is 5.88 Å². The zero-order valence-corrected chi connectivity index (χ0v) is 7.40. The van der Waals surface area contributed by atoms with Crippen LogP contribution in [0.4, 0.5) is 0 Å². The lowest BCUT2D eigenvalue weighted by Gasteiger charge is -1.97. The molecule has 0 aliphatic rings. The average molecular weight is 194 g/mol. The summed E-state index contributed by atoms with van der Waals surface area (Å²) in [6, 6.07) is 1.08. The van der Waals surface area contributed by atoms with Crippen molar-refractivity contribution in [1.82, 2.24) is 14.6 Å². The number of fused-ring (bicyclic) bond motifs is 1. The largest absolute Gasteiger partial charge is 0.493 e. The van der Waals surface area contributed by atoms with E-state index in [9.17, 15) is 9.90 Å². The van der Waals surface area contributed by atoms with Crippen molar-refractivity contribution in [2.45, 2.75) is 6.42 Å². The third-order valence-electron chi connectivity index (χ3n) is 1.98. The molecular weight excluding hydrogens is 184 g/mol. The second kappa shape index (κ2) is 3.15. The van der Waals surface area contributed by atoms with E-state index in [0.29, 0.717) is 18.6 Å². The fraction of sp³-hybridized carbons (Fsp3) is 0.250. The molecule has 0 aliphatic heterocycles. The lowest BCUT2D eigenvalue weighted by atomic mass is 10.2. The van der Waals surface area contributed by atoms with Gasteiger partial charge >= 0.3 is 0 Å². The third-order valence-corrected chi connectivity index (χ3v) is 1.98. The van der Waals surface area contributed by atoms with Crippen LogP contribution in [0.3, 0.4) is 0 Å². The van der Waals surface area contributed by atoms with E-state index in [2.05, 4.69) is 10.1 Å². The van der Waals surface area contributed by atoms with Crippen molar-refractivity contribution in [3.63, 3.8) is 0 Å². The maximum Gasteiger partial charge on any atom is 0.254 e. The SMILES string of the molecule is NCCc1cnn2c(O)cc(=O)[nH]c12. The topological polar surface area (TPSA) is 96.4 Å². The number of nitrogens with zero attached hydrogens (tertiary/aromatic N) is 2. The summed E-state index contributed by atoms with van der Waals surface area (Å²) in [7, 11) is 0. The molecule has 0 spiro atoms. The van der Waals surface area contributed by atoms with E-state index in [-0.39, 0.29) is 11.4 Å². The molecule has 0 saturated carbocycles. The predicted molar refractivity (Wildman–Crippen MR) is 50.2 cm³/mol. The molecule has 0 saturated heterocycles. The number of hydrogen-bond acceptors (Lipinski definition) is 4. The normalized spacial score (nSPS) is 10.9. The molecule has 74 valence electrons. The summed E-state index contributed by atoms with van der Waals surface area (Å²) >= 11 is 0. The molecule has 0 aromatic carbocycles. The predicted octanol–water partition coefficient (Wildman–Crippen LogP) is -0.771. The number of aromatic amines is 1. The van der Waals surface area contributed by atoms with Gasteiger partial charge in [0.15, 0.2) is 0 Å². The van der Waals surface area contributed by atoms with Crippen LogP contribution in [0.2, 0.25) is 0 Å². The van der Waals surface area contributed by atoms with Gasteiger partial charge in [-0.3, -0.25) is 4.79 Å². The van der Waals surface area contributed by atoms with Crippen LogP contribution in [0, 0.1) is 0 Å². The molecule has 0 radical (unpaired) electrons. The molecule has 0 amide bonds. The van der Waals surface area contributed by atoms with E-state index in [0.717, 1.165) is 11.6 Å². The fourth-order valence-corrected chi connectivity index (χ4v) is 1.36. The van der Waals surface area contributed by atoms with Gasteiger partial charge in [0.25, 0.3) is 5.56 Å². The van der Waals surface area contributed by atoms with E-state index in [1.54, 1.807) is 6.20 Å². The average Bonchev–Trinajstić information content (AvgIpc) is 2.49. The third kappa shape index (κ3) is 1.25. The quantitative estimate of drug-likeness (QED) is 0.584. The first-order valence-corrected chi connectivity index (χ1v) is 4.21. The maximum absolute atomic E-state index is 11.1. The summed E-state index contributed by atoms with van der Waals surface area (Å²) in [5.74, 6) is -0.174. The lowest BCUT2D eigenvalue weighted by molar-refractivity contribution is 0.434. The smallest absolute Gasteiger partial charge is 0.254 e. The molecule has 0 unspecified atom stereocenters. The van der Waals surface area contributed by atoms with Gasteiger partial charge in [0, 0.05) is 5.56 Å². The first-order valence-electron chi connectivity index (χ1n) is 4.21. The Labute approximate surface area is 79.0 Å². The summed E-state index contributed by atoms with van der Waals surface area (Å²) < 4.78 is 1.27. The highest BCUT2D eigenvalue weighted by molar-refractivity contribution is 5.47. The van der Waals surface area contributed by atoms with E-state index < -0.39 is 0 Å². The Hall–Kier alpha value is -1.82. The fourth-order valence-electron chi connectivity index (χ4n) is 1.36. The van der Waals surface area contributed by atoms with Gasteiger partial charge in [0.1, 0.15) is 5.65 Å². The second-order valence-electron chi connectivity index (χ2n) is 2.96. The summed E-state index contributed by atoms with van der Waals surface area (Å²) in [5.41, 5.74) is 6.36. The van der Waals surface area contributed by atoms with Crippen molar-refractivity contribution in [2.75, 3.05) is 6.54 Å². The minimum atomic E-state index is -0.353. The van der Waals surface area contributed by atoms with Gasteiger partial charge in [-0.05, 0) is 13.0 Å². The number of rotatable bonds is 2. The van der Waals surface area contributed by atoms with Gasteiger partial charge < -0.3 is 15.8 Å². The number of aromatic nitrogens is 3. The van der Waals surface area contributed by atoms with Crippen LogP contribution in [-0.4, -0.2) is 26.2 Å². The van der Waals surface area contributed by atoms with Crippen molar-refractivity contribution in [1.29, 1.82) is 0 Å². The number of aromatic hydroxyl groups is 1. The van der Waals surface area contributed by atoms with Gasteiger partial charge in [0.05, 0.1) is 12.3 Å². The van der Waals surface area contributed by atoms with Crippen LogP contribution >= 0.6 is 0 Å². The highest BCUT2D eigenvalue weighted by Crippen LogP contribution is 2.11. The molecule has 0 aliphatic carbocycles. The zero-order chi connectivity index (χ0) is 10.1. The molecule has 6 nitrogen and oxygen atoms in total. The molecule has 0 bridgehead atoms. The Morgan fingerprint density at radius 3 is 3.14 bits per heavy atom. The van der Waals surface area contributed by atoms with Crippen LogP contribution in [0.15, 0.2) is 17.1 Å². The van der Waals surface area contributed by atoms with E-state index in [4.69, 9.17) is 5.73 Å². The lowest BCUT2D eigenvalue weighted by Crippen LogP contribution is -2.09. The van der Waals surface area contributed by atoms with E-state index in [1.807, 2.05) is 0 Å². The van der Waals surface area contributed by atoms with E-state index in [1.165, 1.54) is 4.52 Å². The molecule has 2 aromatic heterocycles. The molecule has 14 heavy (non-hydrogen) atoms.